The van der Waals surface area contributed by atoms with E-state index in [-0.39, 0.29) is 30.1 Å². The molecule has 6 heteroatoms. The van der Waals surface area contributed by atoms with Gasteiger partial charge in [0.05, 0.1) is 23.2 Å². The molecule has 1 aliphatic heterocycles. The van der Waals surface area contributed by atoms with Gasteiger partial charge in [0.25, 0.3) is 5.69 Å². The predicted octanol–water partition coefficient (Wildman–Crippen LogP) is 1.70. The minimum absolute atomic E-state index is 0.0482. The summed E-state index contributed by atoms with van der Waals surface area (Å²) in [5, 5.41) is 10.4. The predicted molar refractivity (Wildman–Crippen MR) is 47.5 cm³/mol. The molecule has 15 heavy (non-hydrogen) atoms. The maximum Gasteiger partial charge on any atom is 0.273 e. The number of carbonyl (C=O) groups excluding carboxylic acids is 1. The number of carbonyl (C=O) groups is 1. The summed E-state index contributed by atoms with van der Waals surface area (Å²) in [6, 6.07) is 1.79. The number of halogens is 1. The number of rotatable bonds is 1. The van der Waals surface area contributed by atoms with E-state index in [1.54, 1.807) is 0 Å². The van der Waals surface area contributed by atoms with E-state index < -0.39 is 16.4 Å². The molecule has 0 N–H and O–H groups in total. The van der Waals surface area contributed by atoms with E-state index in [4.69, 9.17) is 4.74 Å². The largest absolute Gasteiger partial charge is 0.489 e. The Hall–Kier alpha value is -1.98. The number of ketones is 1. The topological polar surface area (TPSA) is 69.4 Å². The molecule has 0 unspecified atom stereocenters. The van der Waals surface area contributed by atoms with Crippen LogP contribution in [0.5, 0.6) is 5.75 Å². The minimum Gasteiger partial charge on any atom is -0.489 e. The molecule has 1 aromatic rings. The highest BCUT2D eigenvalue weighted by molar-refractivity contribution is 6.00. The number of Topliss-reactive ketones (excluding diaryl/α,β-unsaturated/α-hetero) is 1. The highest BCUT2D eigenvalue weighted by atomic mass is 19.1. The molecular weight excluding hydrogens is 205 g/mol. The van der Waals surface area contributed by atoms with Gasteiger partial charge in [-0.2, -0.15) is 0 Å². The second-order valence-electron chi connectivity index (χ2n) is 3.08. The Labute approximate surface area is 83.6 Å². The summed E-state index contributed by atoms with van der Waals surface area (Å²) < 4.78 is 18.2. The number of hydrogen-bond donors (Lipinski definition) is 0. The Kier molecular flexibility index (Phi) is 2.11. The van der Waals surface area contributed by atoms with Crippen LogP contribution in [0.4, 0.5) is 10.1 Å². The molecule has 0 radical (unpaired) electrons. The van der Waals surface area contributed by atoms with Gasteiger partial charge in [-0.15, -0.1) is 0 Å². The van der Waals surface area contributed by atoms with E-state index in [1.165, 1.54) is 0 Å². The maximum atomic E-state index is 13.3. The van der Waals surface area contributed by atoms with Gasteiger partial charge in [-0.1, -0.05) is 0 Å². The van der Waals surface area contributed by atoms with Crippen molar-refractivity contribution in [1.82, 2.24) is 0 Å². The Morgan fingerprint density at radius 3 is 2.87 bits per heavy atom. The highest BCUT2D eigenvalue weighted by Gasteiger charge is 2.25. The number of fused-ring (bicyclic) bond motifs is 1. The first-order valence-corrected chi connectivity index (χ1v) is 4.23. The van der Waals surface area contributed by atoms with Gasteiger partial charge in [0.2, 0.25) is 0 Å². The summed E-state index contributed by atoms with van der Waals surface area (Å²) in [7, 11) is 0. The number of nitrogens with zero attached hydrogens (tertiary/aromatic N) is 1. The average Bonchev–Trinajstić information content (AvgIpc) is 2.19. The third-order valence-corrected chi connectivity index (χ3v) is 2.12. The van der Waals surface area contributed by atoms with Crippen molar-refractivity contribution in [2.24, 2.45) is 0 Å². The SMILES string of the molecule is O=C1CCOc2c(F)cc([N+](=O)[O-])cc21. The monoisotopic (exact) mass is 211 g/mol. The van der Waals surface area contributed by atoms with E-state index >= 15 is 0 Å². The number of hydrogen-bond acceptors (Lipinski definition) is 4. The molecule has 0 saturated carbocycles. The second kappa shape index (κ2) is 3.30. The zero-order valence-corrected chi connectivity index (χ0v) is 7.53. The van der Waals surface area contributed by atoms with Crippen molar-refractivity contribution in [3.8, 4) is 5.75 Å². The highest BCUT2D eigenvalue weighted by Crippen LogP contribution is 2.31. The molecule has 0 bridgehead atoms. The summed E-state index contributed by atoms with van der Waals surface area (Å²) >= 11 is 0. The Balaban J connectivity index is 2.61. The van der Waals surface area contributed by atoms with Gasteiger partial charge in [0.1, 0.15) is 0 Å². The second-order valence-corrected chi connectivity index (χ2v) is 3.08. The molecule has 0 saturated heterocycles. The standard InChI is InChI=1S/C9H6FNO4/c10-7-4-5(11(13)14)3-6-8(12)1-2-15-9(6)7/h3-4H,1-2H2. The van der Waals surface area contributed by atoms with Gasteiger partial charge in [0, 0.05) is 12.5 Å². The van der Waals surface area contributed by atoms with Gasteiger partial charge < -0.3 is 4.74 Å². The molecule has 0 fully saturated rings. The van der Waals surface area contributed by atoms with Crippen LogP contribution in [0.15, 0.2) is 12.1 Å². The summed E-state index contributed by atoms with van der Waals surface area (Å²) in [6.07, 6.45) is 0.119. The fraction of sp³-hybridized carbons (Fsp3) is 0.222. The van der Waals surface area contributed by atoms with E-state index in [9.17, 15) is 19.3 Å². The van der Waals surface area contributed by atoms with Crippen LogP contribution in [0.3, 0.4) is 0 Å². The molecule has 0 atom stereocenters. The number of benzene rings is 1. The van der Waals surface area contributed by atoms with Crippen LogP contribution in [0.25, 0.3) is 0 Å². The normalized spacial score (nSPS) is 14.3. The molecule has 5 nitrogen and oxygen atoms in total. The zero-order chi connectivity index (χ0) is 11.0. The lowest BCUT2D eigenvalue weighted by Crippen LogP contribution is -2.16. The number of nitro benzene ring substituents is 1. The first kappa shape index (κ1) is 9.57. The molecule has 0 aliphatic carbocycles. The summed E-state index contributed by atoms with van der Waals surface area (Å²) in [5.74, 6) is -1.39. The van der Waals surface area contributed by atoms with Gasteiger partial charge in [0.15, 0.2) is 17.3 Å². The van der Waals surface area contributed by atoms with Crippen molar-refractivity contribution in [2.75, 3.05) is 6.61 Å². The summed E-state index contributed by atoms with van der Waals surface area (Å²) in [4.78, 5) is 21.0. The Morgan fingerprint density at radius 1 is 1.47 bits per heavy atom. The number of non-ortho nitro benzene ring substituents is 1. The average molecular weight is 211 g/mol. The van der Waals surface area contributed by atoms with Crippen LogP contribution in [0.2, 0.25) is 0 Å². The molecule has 0 aromatic heterocycles. The third kappa shape index (κ3) is 1.54. The molecule has 0 amide bonds. The van der Waals surface area contributed by atoms with Gasteiger partial charge in [-0.3, -0.25) is 14.9 Å². The van der Waals surface area contributed by atoms with Crippen molar-refractivity contribution in [3.05, 3.63) is 33.6 Å². The molecule has 1 aromatic carbocycles. The van der Waals surface area contributed by atoms with E-state index in [0.29, 0.717) is 0 Å². The van der Waals surface area contributed by atoms with E-state index in [1.807, 2.05) is 0 Å². The van der Waals surface area contributed by atoms with E-state index in [0.717, 1.165) is 12.1 Å². The summed E-state index contributed by atoms with van der Waals surface area (Å²) in [6.45, 7) is 0.112. The van der Waals surface area contributed by atoms with Crippen LogP contribution in [0, 0.1) is 15.9 Å². The van der Waals surface area contributed by atoms with Crippen LogP contribution in [0.1, 0.15) is 16.8 Å². The van der Waals surface area contributed by atoms with Crippen molar-refractivity contribution >= 4 is 11.5 Å². The lowest BCUT2D eigenvalue weighted by Gasteiger charge is -2.15. The smallest absolute Gasteiger partial charge is 0.273 e. The van der Waals surface area contributed by atoms with Gasteiger partial charge in [-0.25, -0.2) is 4.39 Å². The molecular formula is C9H6FNO4. The molecule has 1 heterocycles. The van der Waals surface area contributed by atoms with Gasteiger partial charge in [-0.05, 0) is 0 Å². The van der Waals surface area contributed by atoms with Crippen LogP contribution >= 0.6 is 0 Å². The molecule has 2 rings (SSSR count). The maximum absolute atomic E-state index is 13.3. The van der Waals surface area contributed by atoms with Crippen LogP contribution in [-0.2, 0) is 0 Å². The lowest BCUT2D eigenvalue weighted by molar-refractivity contribution is -0.385. The fourth-order valence-corrected chi connectivity index (χ4v) is 1.42. The first-order chi connectivity index (χ1) is 7.09. The molecule has 78 valence electrons. The Morgan fingerprint density at radius 2 is 2.20 bits per heavy atom. The van der Waals surface area contributed by atoms with E-state index in [2.05, 4.69) is 0 Å². The van der Waals surface area contributed by atoms with Crippen LogP contribution < -0.4 is 4.74 Å². The lowest BCUT2D eigenvalue weighted by atomic mass is 10.0. The molecule has 0 spiro atoms. The number of nitro groups is 1. The van der Waals surface area contributed by atoms with Crippen LogP contribution in [-0.4, -0.2) is 17.3 Å². The number of ether oxygens (including phenoxy) is 1. The minimum atomic E-state index is -0.868. The quantitative estimate of drug-likeness (QED) is 0.523. The van der Waals surface area contributed by atoms with Crippen molar-refractivity contribution in [1.29, 1.82) is 0 Å². The molecule has 1 aliphatic rings. The van der Waals surface area contributed by atoms with Crippen molar-refractivity contribution < 1.29 is 18.8 Å². The Bertz CT molecular complexity index is 458. The van der Waals surface area contributed by atoms with Crippen molar-refractivity contribution in [2.45, 2.75) is 6.42 Å². The zero-order valence-electron chi connectivity index (χ0n) is 7.53. The summed E-state index contributed by atoms with van der Waals surface area (Å²) in [5.41, 5.74) is -0.488. The van der Waals surface area contributed by atoms with Crippen molar-refractivity contribution in [3.63, 3.8) is 0 Å². The first-order valence-electron chi connectivity index (χ1n) is 4.23. The van der Waals surface area contributed by atoms with Gasteiger partial charge >= 0.3 is 0 Å². The fourth-order valence-electron chi connectivity index (χ4n) is 1.42. The third-order valence-electron chi connectivity index (χ3n) is 2.12.